The van der Waals surface area contributed by atoms with Gasteiger partial charge in [0.25, 0.3) is 0 Å². The third-order valence-electron chi connectivity index (χ3n) is 2.75. The van der Waals surface area contributed by atoms with Crippen molar-refractivity contribution < 1.29 is 13.5 Å². The Labute approximate surface area is 154 Å². The van der Waals surface area contributed by atoms with Gasteiger partial charge in [-0.3, -0.25) is 0 Å². The predicted molar refractivity (Wildman–Crippen MR) is 100 cm³/mol. The van der Waals surface area contributed by atoms with Crippen LogP contribution in [0.3, 0.4) is 0 Å². The van der Waals surface area contributed by atoms with Gasteiger partial charge >= 0.3 is 0 Å². The van der Waals surface area contributed by atoms with Gasteiger partial charge in [0.1, 0.15) is 11.6 Å². The molecule has 1 aromatic rings. The molecular weight excluding hydrogens is 415 g/mol. The van der Waals surface area contributed by atoms with Gasteiger partial charge in [-0.25, -0.2) is 13.8 Å². The lowest BCUT2D eigenvalue weighted by molar-refractivity contribution is 0.114. The van der Waals surface area contributed by atoms with E-state index in [2.05, 4.69) is 29.5 Å². The summed E-state index contributed by atoms with van der Waals surface area (Å²) in [5.41, 5.74) is 0.230. The van der Waals surface area contributed by atoms with Gasteiger partial charge in [0.2, 0.25) is 0 Å². The minimum Gasteiger partial charge on any atom is -0.379 e. The monoisotopic (exact) mass is 441 g/mol. The van der Waals surface area contributed by atoms with E-state index in [1.807, 2.05) is 6.92 Å². The maximum absolute atomic E-state index is 13.5. The summed E-state index contributed by atoms with van der Waals surface area (Å²) in [5, 5.41) is 6.15. The van der Waals surface area contributed by atoms with Crippen LogP contribution in [0, 0.1) is 17.6 Å². The van der Waals surface area contributed by atoms with Crippen molar-refractivity contribution in [3.05, 3.63) is 35.4 Å². The highest BCUT2D eigenvalue weighted by Gasteiger charge is 2.04. The lowest BCUT2D eigenvalue weighted by Gasteiger charge is -2.12. The highest BCUT2D eigenvalue weighted by Crippen LogP contribution is 2.10. The number of ether oxygens (including phenoxy) is 1. The summed E-state index contributed by atoms with van der Waals surface area (Å²) in [7, 11) is 0. The van der Waals surface area contributed by atoms with Gasteiger partial charge < -0.3 is 15.4 Å². The topological polar surface area (TPSA) is 45.7 Å². The van der Waals surface area contributed by atoms with Gasteiger partial charge in [-0.2, -0.15) is 0 Å². The van der Waals surface area contributed by atoms with E-state index in [0.29, 0.717) is 38.2 Å². The van der Waals surface area contributed by atoms with Crippen LogP contribution in [0.15, 0.2) is 23.2 Å². The van der Waals surface area contributed by atoms with E-state index in [1.165, 1.54) is 0 Å². The molecule has 0 aromatic heterocycles. The smallest absolute Gasteiger partial charge is 0.191 e. The first-order chi connectivity index (χ1) is 10.5. The molecule has 0 spiro atoms. The van der Waals surface area contributed by atoms with Crippen molar-refractivity contribution in [3.63, 3.8) is 0 Å². The molecule has 7 heteroatoms. The molecule has 1 rings (SSSR count). The Morgan fingerprint density at radius 2 is 2.00 bits per heavy atom. The largest absolute Gasteiger partial charge is 0.379 e. The minimum atomic E-state index is -0.466. The van der Waals surface area contributed by atoms with Gasteiger partial charge in [-0.05, 0) is 31.0 Å². The minimum absolute atomic E-state index is 0. The molecule has 0 aliphatic rings. The molecule has 0 atom stereocenters. The van der Waals surface area contributed by atoms with Crippen molar-refractivity contribution in [2.24, 2.45) is 10.9 Å². The maximum atomic E-state index is 13.5. The van der Waals surface area contributed by atoms with Crippen molar-refractivity contribution in [2.45, 2.75) is 27.3 Å². The Bertz CT molecular complexity index is 484. The normalized spacial score (nSPS) is 11.3. The average Bonchev–Trinajstić information content (AvgIpc) is 2.47. The highest BCUT2D eigenvalue weighted by atomic mass is 127. The van der Waals surface area contributed by atoms with Gasteiger partial charge in [0.05, 0.1) is 13.2 Å². The fourth-order valence-corrected chi connectivity index (χ4v) is 1.73. The van der Waals surface area contributed by atoms with Crippen molar-refractivity contribution in [1.29, 1.82) is 0 Å². The molecule has 0 unspecified atom stereocenters. The van der Waals surface area contributed by atoms with Gasteiger partial charge in [-0.1, -0.05) is 13.8 Å². The van der Waals surface area contributed by atoms with Crippen LogP contribution in [-0.4, -0.2) is 32.3 Å². The number of halogens is 3. The second-order valence-electron chi connectivity index (χ2n) is 5.33. The highest BCUT2D eigenvalue weighted by molar-refractivity contribution is 14.0. The maximum Gasteiger partial charge on any atom is 0.191 e. The van der Waals surface area contributed by atoms with Crippen molar-refractivity contribution in [1.82, 2.24) is 10.6 Å². The van der Waals surface area contributed by atoms with Crippen LogP contribution in [0.25, 0.3) is 0 Å². The van der Waals surface area contributed by atoms with Gasteiger partial charge in [-0.15, -0.1) is 24.0 Å². The van der Waals surface area contributed by atoms with Crippen molar-refractivity contribution >= 4 is 29.9 Å². The Hall–Kier alpha value is -0.960. The second-order valence-corrected chi connectivity index (χ2v) is 5.33. The molecule has 0 fully saturated rings. The molecule has 1 aromatic carbocycles. The summed E-state index contributed by atoms with van der Waals surface area (Å²) in [5.74, 6) is 0.130. The van der Waals surface area contributed by atoms with Crippen LogP contribution in [0.5, 0.6) is 0 Å². The lowest BCUT2D eigenvalue weighted by atomic mass is 10.2. The van der Waals surface area contributed by atoms with Crippen molar-refractivity contribution in [2.75, 3.05) is 26.3 Å². The summed E-state index contributed by atoms with van der Waals surface area (Å²) in [4.78, 5) is 4.25. The molecule has 2 N–H and O–H groups in total. The molecule has 0 bridgehead atoms. The third kappa shape index (κ3) is 9.70. The van der Waals surface area contributed by atoms with Gasteiger partial charge in [0, 0.05) is 25.3 Å². The number of guanidine groups is 1. The summed E-state index contributed by atoms with van der Waals surface area (Å²) in [6, 6.07) is 3.37. The fraction of sp³-hybridized carbons (Fsp3) is 0.562. The molecule has 0 saturated carbocycles. The van der Waals surface area contributed by atoms with E-state index in [-0.39, 0.29) is 36.1 Å². The zero-order valence-corrected chi connectivity index (χ0v) is 16.2. The Kier molecular flexibility index (Phi) is 11.9. The van der Waals surface area contributed by atoms with Crippen LogP contribution in [-0.2, 0) is 11.3 Å². The Balaban J connectivity index is 0.00000484. The zero-order valence-electron chi connectivity index (χ0n) is 13.9. The van der Waals surface area contributed by atoms with Crippen molar-refractivity contribution in [3.8, 4) is 0 Å². The Morgan fingerprint density at radius 1 is 1.26 bits per heavy atom. The first-order valence-corrected chi connectivity index (χ1v) is 7.56. The van der Waals surface area contributed by atoms with E-state index >= 15 is 0 Å². The van der Waals surface area contributed by atoms with Crippen LogP contribution >= 0.6 is 24.0 Å². The molecule has 0 saturated heterocycles. The summed E-state index contributed by atoms with van der Waals surface area (Å²) >= 11 is 0. The summed E-state index contributed by atoms with van der Waals surface area (Å²) in [6.45, 7) is 8.76. The number of aliphatic imine (C=N–C) groups is 1. The van der Waals surface area contributed by atoms with E-state index in [4.69, 9.17) is 4.74 Å². The molecule has 23 heavy (non-hydrogen) atoms. The first kappa shape index (κ1) is 22.0. The lowest BCUT2D eigenvalue weighted by Crippen LogP contribution is -2.39. The molecule has 0 amide bonds. The van der Waals surface area contributed by atoms with E-state index < -0.39 is 11.6 Å². The Morgan fingerprint density at radius 3 is 2.65 bits per heavy atom. The second kappa shape index (κ2) is 12.5. The number of hydrogen-bond donors (Lipinski definition) is 2. The molecule has 132 valence electrons. The van der Waals surface area contributed by atoms with E-state index in [1.54, 1.807) is 0 Å². The van der Waals surface area contributed by atoms with E-state index in [0.717, 1.165) is 18.2 Å². The number of nitrogens with zero attached hydrogens (tertiary/aromatic N) is 1. The standard InChI is InChI=1S/C16H25F2N3O.HI/c1-4-19-16(20-7-8-22-11-12(2)3)21-10-13-9-14(17)5-6-15(13)18;/h5-6,9,12H,4,7-8,10-11H2,1-3H3,(H2,19,20,21);1H. The quantitative estimate of drug-likeness (QED) is 0.282. The first-order valence-electron chi connectivity index (χ1n) is 7.56. The third-order valence-corrected chi connectivity index (χ3v) is 2.75. The SMILES string of the molecule is CCNC(=NCc1cc(F)ccc1F)NCCOCC(C)C.I. The number of rotatable bonds is 8. The van der Waals surface area contributed by atoms with Crippen LogP contribution < -0.4 is 10.6 Å². The number of nitrogens with one attached hydrogen (secondary N) is 2. The predicted octanol–water partition coefficient (Wildman–Crippen LogP) is 3.31. The summed E-state index contributed by atoms with van der Waals surface area (Å²) < 4.78 is 32.1. The molecule has 0 aliphatic carbocycles. The number of hydrogen-bond acceptors (Lipinski definition) is 2. The number of benzene rings is 1. The fourth-order valence-electron chi connectivity index (χ4n) is 1.73. The molecule has 4 nitrogen and oxygen atoms in total. The van der Waals surface area contributed by atoms with Crippen LogP contribution in [0.4, 0.5) is 8.78 Å². The van der Waals surface area contributed by atoms with Gasteiger partial charge in [0.15, 0.2) is 5.96 Å². The zero-order chi connectivity index (χ0) is 16.4. The average molecular weight is 441 g/mol. The van der Waals surface area contributed by atoms with E-state index in [9.17, 15) is 8.78 Å². The van der Waals surface area contributed by atoms with Crippen LogP contribution in [0.1, 0.15) is 26.3 Å². The molecule has 0 radical (unpaired) electrons. The molecule has 0 heterocycles. The summed E-state index contributed by atoms with van der Waals surface area (Å²) in [6.07, 6.45) is 0. The van der Waals surface area contributed by atoms with Crippen LogP contribution in [0.2, 0.25) is 0 Å². The molecular formula is C16H26F2IN3O. The molecule has 0 aliphatic heterocycles.